The Kier molecular flexibility index (Phi) is 5.56. The van der Waals surface area contributed by atoms with E-state index in [1.807, 2.05) is 0 Å². The van der Waals surface area contributed by atoms with Crippen LogP contribution in [-0.4, -0.2) is 15.7 Å². The number of aromatic nitrogens is 2. The van der Waals surface area contributed by atoms with Crippen LogP contribution < -0.4 is 26.2 Å². The molecule has 0 bridgehead atoms. The summed E-state index contributed by atoms with van der Waals surface area (Å²) >= 11 is 0. The van der Waals surface area contributed by atoms with E-state index in [2.05, 4.69) is 201 Å². The van der Waals surface area contributed by atoms with Crippen LogP contribution in [0.15, 0.2) is 176 Å². The van der Waals surface area contributed by atoms with Crippen LogP contribution in [0.1, 0.15) is 29.2 Å². The van der Waals surface area contributed by atoms with Crippen molar-refractivity contribution in [1.82, 2.24) is 8.97 Å². The molecule has 0 N–H and O–H groups in total. The minimum atomic E-state index is -0.00481. The molecule has 0 saturated heterocycles. The average Bonchev–Trinajstić information content (AvgIpc) is 4.03. The Hall–Kier alpha value is -7.50. The highest BCUT2D eigenvalue weighted by Gasteiger charge is 2.46. The summed E-state index contributed by atoms with van der Waals surface area (Å²) in [5.74, 6) is 0.312. The zero-order valence-electron chi connectivity index (χ0n) is 32.0. The molecular formula is C54H33BN4. The number of para-hydroxylation sites is 5. The summed E-state index contributed by atoms with van der Waals surface area (Å²) in [6.45, 7) is -0.00481. The van der Waals surface area contributed by atoms with Gasteiger partial charge in [-0.2, -0.15) is 0 Å². The molecule has 3 aliphatic heterocycles. The molecule has 3 aromatic heterocycles. The summed E-state index contributed by atoms with van der Waals surface area (Å²) in [7, 11) is 0. The van der Waals surface area contributed by atoms with Crippen molar-refractivity contribution in [1.29, 1.82) is 0 Å². The van der Waals surface area contributed by atoms with Gasteiger partial charge >= 0.3 is 0 Å². The molecule has 0 fully saturated rings. The minimum Gasteiger partial charge on any atom is -0.312 e. The lowest BCUT2D eigenvalue weighted by molar-refractivity contribution is 0.820. The maximum Gasteiger partial charge on any atom is 0.252 e. The third kappa shape index (κ3) is 3.61. The highest BCUT2D eigenvalue weighted by atomic mass is 15.2. The smallest absolute Gasteiger partial charge is 0.252 e. The molecule has 0 saturated carbocycles. The number of fused-ring (bicyclic) bond motifs is 17. The largest absolute Gasteiger partial charge is 0.312 e. The Morgan fingerprint density at radius 1 is 0.475 bits per heavy atom. The van der Waals surface area contributed by atoms with Crippen molar-refractivity contribution < 1.29 is 0 Å². The number of hydrogen-bond acceptors (Lipinski definition) is 2. The average molecular weight is 749 g/mol. The molecule has 6 heterocycles. The SMILES string of the molecule is C1=Cc2c3n(c4ccccc24)-c2cc4c(cc2C3C1)N(c1ccccc1)c1cccc2c1B4c1ccc3c4cccc5c6ccccc6n(c3c1N2c1ccccc1)c54. The van der Waals surface area contributed by atoms with Gasteiger partial charge in [0.2, 0.25) is 0 Å². The molecule has 0 radical (unpaired) electrons. The molecule has 4 aliphatic rings. The van der Waals surface area contributed by atoms with Gasteiger partial charge in [-0.05, 0) is 89.0 Å². The first kappa shape index (κ1) is 30.6. The number of nitrogens with zero attached hydrogens (tertiary/aromatic N) is 4. The highest BCUT2D eigenvalue weighted by molar-refractivity contribution is 7.00. The fraction of sp³-hybridized carbons (Fsp3) is 0.0370. The number of allylic oxidation sites excluding steroid dienone is 1. The first-order chi connectivity index (χ1) is 29.3. The first-order valence-corrected chi connectivity index (χ1v) is 20.8. The van der Waals surface area contributed by atoms with Gasteiger partial charge in [0.25, 0.3) is 6.71 Å². The second kappa shape index (κ2) is 10.7. The lowest BCUT2D eigenvalue weighted by Gasteiger charge is -2.44. The summed E-state index contributed by atoms with van der Waals surface area (Å²) in [5, 5.41) is 6.53. The number of rotatable bonds is 2. The predicted molar refractivity (Wildman–Crippen MR) is 247 cm³/mol. The molecule has 0 spiro atoms. The Morgan fingerprint density at radius 3 is 1.93 bits per heavy atom. The van der Waals surface area contributed by atoms with E-state index in [0.29, 0.717) is 5.92 Å². The fourth-order valence-electron chi connectivity index (χ4n) is 11.9. The van der Waals surface area contributed by atoms with Gasteiger partial charge in [-0.3, -0.25) is 0 Å². The molecule has 272 valence electrons. The number of anilines is 6. The van der Waals surface area contributed by atoms with Gasteiger partial charge in [0, 0.05) is 78.2 Å². The monoisotopic (exact) mass is 748 g/mol. The molecule has 5 heteroatoms. The molecule has 59 heavy (non-hydrogen) atoms. The third-order valence-corrected chi connectivity index (χ3v) is 14.1. The van der Waals surface area contributed by atoms with E-state index in [-0.39, 0.29) is 6.71 Å². The van der Waals surface area contributed by atoms with Gasteiger partial charge < -0.3 is 18.8 Å². The fourth-order valence-corrected chi connectivity index (χ4v) is 11.9. The zero-order chi connectivity index (χ0) is 38.1. The van der Waals surface area contributed by atoms with Crippen molar-refractivity contribution in [2.24, 2.45) is 0 Å². The quantitative estimate of drug-likeness (QED) is 0.164. The molecule has 8 aromatic carbocycles. The zero-order valence-corrected chi connectivity index (χ0v) is 32.0. The van der Waals surface area contributed by atoms with Crippen molar-refractivity contribution in [3.63, 3.8) is 0 Å². The molecule has 1 unspecified atom stereocenters. The van der Waals surface area contributed by atoms with Crippen molar-refractivity contribution in [3.8, 4) is 5.69 Å². The van der Waals surface area contributed by atoms with Crippen LogP contribution in [0.3, 0.4) is 0 Å². The van der Waals surface area contributed by atoms with Crippen LogP contribution in [0.2, 0.25) is 0 Å². The van der Waals surface area contributed by atoms with Crippen LogP contribution in [0.25, 0.3) is 60.8 Å². The Morgan fingerprint density at radius 2 is 1.12 bits per heavy atom. The van der Waals surface area contributed by atoms with E-state index < -0.39 is 0 Å². The maximum absolute atomic E-state index is 2.60. The van der Waals surface area contributed by atoms with Gasteiger partial charge in [0.05, 0.1) is 27.8 Å². The normalized spacial score (nSPS) is 15.7. The van der Waals surface area contributed by atoms with Gasteiger partial charge in [0.15, 0.2) is 0 Å². The van der Waals surface area contributed by atoms with Crippen molar-refractivity contribution in [3.05, 3.63) is 193 Å². The summed E-state index contributed by atoms with van der Waals surface area (Å²) < 4.78 is 5.18. The van der Waals surface area contributed by atoms with Crippen LogP contribution in [0.5, 0.6) is 0 Å². The summed E-state index contributed by atoms with van der Waals surface area (Å²) in [6.07, 6.45) is 5.77. The van der Waals surface area contributed by atoms with Crippen LogP contribution in [0, 0.1) is 0 Å². The Labute approximate surface area is 340 Å². The molecular weight excluding hydrogens is 715 g/mol. The van der Waals surface area contributed by atoms with E-state index in [1.165, 1.54) is 116 Å². The second-order valence-corrected chi connectivity index (χ2v) is 16.8. The number of benzene rings is 8. The van der Waals surface area contributed by atoms with Crippen molar-refractivity contribution >= 4 is 112 Å². The summed E-state index contributed by atoms with van der Waals surface area (Å²) in [5.41, 5.74) is 22.0. The molecule has 4 nitrogen and oxygen atoms in total. The highest BCUT2D eigenvalue weighted by Crippen LogP contribution is 2.53. The standard InChI is InChI=1S/C54H33BN4/c1-3-14-32(15-4-1)56-46-26-13-27-47-50(46)55(43-31-48-41(30-49(43)56)39-23-12-20-36-34-18-7-9-24-44(34)58(48)51(36)39)42-29-28-40-38-22-11-21-37-35-19-8-10-25-45(35)59(52(37)38)53(40)54(42)57(47)33-16-5-2-6-17-33/h1-22,24-31,39H,23H2. The van der Waals surface area contributed by atoms with Crippen molar-refractivity contribution in [2.45, 2.75) is 12.3 Å². The van der Waals surface area contributed by atoms with E-state index >= 15 is 0 Å². The summed E-state index contributed by atoms with van der Waals surface area (Å²) in [4.78, 5) is 5.13. The topological polar surface area (TPSA) is 15.8 Å². The van der Waals surface area contributed by atoms with E-state index in [4.69, 9.17) is 0 Å². The van der Waals surface area contributed by atoms with Gasteiger partial charge in [-0.15, -0.1) is 0 Å². The first-order valence-electron chi connectivity index (χ1n) is 20.8. The van der Waals surface area contributed by atoms with Gasteiger partial charge in [0.1, 0.15) is 0 Å². The molecule has 15 rings (SSSR count). The maximum atomic E-state index is 2.60. The van der Waals surface area contributed by atoms with Crippen molar-refractivity contribution in [2.75, 3.05) is 9.80 Å². The molecule has 1 atom stereocenters. The molecule has 11 aromatic rings. The Bertz CT molecular complexity index is 3670. The molecule has 0 amide bonds. The van der Waals surface area contributed by atoms with Crippen LogP contribution >= 0.6 is 0 Å². The Balaban J connectivity index is 1.11. The summed E-state index contributed by atoms with van der Waals surface area (Å²) in [6, 6.07) is 63.9. The predicted octanol–water partition coefficient (Wildman–Crippen LogP) is 11.7. The van der Waals surface area contributed by atoms with E-state index in [0.717, 1.165) is 12.1 Å². The second-order valence-electron chi connectivity index (χ2n) is 16.8. The van der Waals surface area contributed by atoms with Gasteiger partial charge in [-0.25, -0.2) is 0 Å². The van der Waals surface area contributed by atoms with Crippen LogP contribution in [0.4, 0.5) is 34.1 Å². The number of hydrogen-bond donors (Lipinski definition) is 0. The van der Waals surface area contributed by atoms with E-state index in [9.17, 15) is 0 Å². The van der Waals surface area contributed by atoms with E-state index in [1.54, 1.807) is 0 Å². The molecule has 1 aliphatic carbocycles. The lowest BCUT2D eigenvalue weighted by atomic mass is 9.33. The minimum absolute atomic E-state index is 0.00481. The third-order valence-electron chi connectivity index (χ3n) is 14.1. The van der Waals surface area contributed by atoms with Gasteiger partial charge in [-0.1, -0.05) is 121 Å². The van der Waals surface area contributed by atoms with Crippen LogP contribution in [-0.2, 0) is 0 Å². The lowest BCUT2D eigenvalue weighted by Crippen LogP contribution is -2.61.